The van der Waals surface area contributed by atoms with Crippen molar-refractivity contribution in [2.45, 2.75) is 175 Å². The standard InChI is InChI=1S/C24H42O.C15H24O.CH2O/c1-3-5-7-9-11-13-15-18-22-19-17-21-24(25)23(22)20-16-14-12-10-8-6-4-2;1-2-3-4-5-6-7-8-11-14-12-9-10-13-15(14)16;1-2/h17,19,21,25H,3-16,18,20H2,1-2H3;9-10,12-13,16H,2-8,11H2,1H3;1H2. The van der Waals surface area contributed by atoms with Gasteiger partial charge in [-0.1, -0.05) is 167 Å². The van der Waals surface area contributed by atoms with Gasteiger partial charge in [-0.25, -0.2) is 0 Å². The number of hydrogen-bond donors (Lipinski definition) is 2. The summed E-state index contributed by atoms with van der Waals surface area (Å²) in [6.07, 6.45) is 31.2. The SMILES string of the molecule is C=O.CCCCCCCCCc1cccc(O)c1CCCCCCCCC.CCCCCCCCCc1ccccc1O. The van der Waals surface area contributed by atoms with Crippen molar-refractivity contribution in [1.82, 2.24) is 0 Å². The molecule has 0 radical (unpaired) electrons. The highest BCUT2D eigenvalue weighted by atomic mass is 16.3. The number of aryl methyl sites for hydroxylation is 2. The lowest BCUT2D eigenvalue weighted by molar-refractivity contribution is -0.0980. The fourth-order valence-corrected chi connectivity index (χ4v) is 5.67. The fourth-order valence-electron chi connectivity index (χ4n) is 5.67. The molecule has 0 atom stereocenters. The van der Waals surface area contributed by atoms with Crippen molar-refractivity contribution >= 4 is 6.79 Å². The first-order chi connectivity index (χ1) is 21.1. The third-order valence-electron chi connectivity index (χ3n) is 8.37. The number of rotatable bonds is 24. The van der Waals surface area contributed by atoms with E-state index in [2.05, 4.69) is 26.8 Å². The molecule has 43 heavy (non-hydrogen) atoms. The van der Waals surface area contributed by atoms with E-state index in [0.29, 0.717) is 11.5 Å². The first kappa shape index (κ1) is 40.7. The van der Waals surface area contributed by atoms with Crippen molar-refractivity contribution in [2.75, 3.05) is 0 Å². The Balaban J connectivity index is 0.000000842. The van der Waals surface area contributed by atoms with Crippen LogP contribution in [0.2, 0.25) is 0 Å². The number of phenols is 2. The zero-order chi connectivity index (χ0) is 31.8. The molecule has 2 aromatic rings. The molecule has 246 valence electrons. The molecule has 0 unspecified atom stereocenters. The molecule has 0 aliphatic heterocycles. The van der Waals surface area contributed by atoms with Crippen LogP contribution in [0, 0.1) is 0 Å². The third kappa shape index (κ3) is 22.9. The van der Waals surface area contributed by atoms with Gasteiger partial charge >= 0.3 is 0 Å². The van der Waals surface area contributed by atoms with Crippen LogP contribution in [-0.2, 0) is 24.1 Å². The van der Waals surface area contributed by atoms with Gasteiger partial charge in [0.15, 0.2) is 0 Å². The molecule has 0 heterocycles. The van der Waals surface area contributed by atoms with Gasteiger partial charge in [-0.05, 0) is 67.3 Å². The molecule has 0 bridgehead atoms. The summed E-state index contributed by atoms with van der Waals surface area (Å²) in [5.74, 6) is 0.972. The second kappa shape index (κ2) is 31.1. The monoisotopic (exact) mass is 597 g/mol. The topological polar surface area (TPSA) is 57.5 Å². The first-order valence-electron chi connectivity index (χ1n) is 18.0. The molecule has 0 aromatic heterocycles. The number of carbonyl (C=O) groups is 1. The average Bonchev–Trinajstić information content (AvgIpc) is 3.03. The van der Waals surface area contributed by atoms with Crippen molar-refractivity contribution in [3.63, 3.8) is 0 Å². The van der Waals surface area contributed by atoms with Crippen LogP contribution < -0.4 is 0 Å². The largest absolute Gasteiger partial charge is 0.508 e. The fraction of sp³-hybridized carbons (Fsp3) is 0.675. The molecule has 0 saturated carbocycles. The first-order valence-corrected chi connectivity index (χ1v) is 18.0. The molecule has 2 N–H and O–H groups in total. The van der Waals surface area contributed by atoms with E-state index in [0.717, 1.165) is 24.8 Å². The smallest absolute Gasteiger partial charge is 0.119 e. The number of aromatic hydroxyl groups is 2. The summed E-state index contributed by atoms with van der Waals surface area (Å²) in [4.78, 5) is 8.00. The van der Waals surface area contributed by atoms with E-state index < -0.39 is 0 Å². The number of hydrogen-bond acceptors (Lipinski definition) is 3. The second-order valence-corrected chi connectivity index (χ2v) is 12.2. The number of unbranched alkanes of at least 4 members (excludes halogenated alkanes) is 18. The lowest BCUT2D eigenvalue weighted by Crippen LogP contribution is -1.96. The number of phenolic OH excluding ortho intramolecular Hbond substituents is 2. The van der Waals surface area contributed by atoms with Gasteiger partial charge in [0.1, 0.15) is 18.3 Å². The third-order valence-corrected chi connectivity index (χ3v) is 8.37. The maximum atomic E-state index is 10.3. The summed E-state index contributed by atoms with van der Waals surface area (Å²) < 4.78 is 0. The second-order valence-electron chi connectivity index (χ2n) is 12.2. The molecule has 2 aromatic carbocycles. The highest BCUT2D eigenvalue weighted by Gasteiger charge is 2.07. The van der Waals surface area contributed by atoms with Crippen LogP contribution >= 0.6 is 0 Å². The highest BCUT2D eigenvalue weighted by Crippen LogP contribution is 2.25. The highest BCUT2D eigenvalue weighted by molar-refractivity contribution is 5.39. The van der Waals surface area contributed by atoms with Crippen LogP contribution in [0.3, 0.4) is 0 Å². The molecule has 0 saturated heterocycles. The molecule has 0 aliphatic rings. The summed E-state index contributed by atoms with van der Waals surface area (Å²) in [6.45, 7) is 8.79. The van der Waals surface area contributed by atoms with Crippen molar-refractivity contribution in [3.8, 4) is 11.5 Å². The van der Waals surface area contributed by atoms with E-state index in [9.17, 15) is 10.2 Å². The van der Waals surface area contributed by atoms with Crippen molar-refractivity contribution in [3.05, 3.63) is 59.2 Å². The number of carbonyl (C=O) groups excluding carboxylic acids is 1. The molecule has 2 rings (SSSR count). The van der Waals surface area contributed by atoms with Crippen LogP contribution in [0.15, 0.2) is 42.5 Å². The van der Waals surface area contributed by atoms with Gasteiger partial charge in [-0.15, -0.1) is 0 Å². The maximum absolute atomic E-state index is 10.3. The lowest BCUT2D eigenvalue weighted by Gasteiger charge is -2.12. The van der Waals surface area contributed by atoms with Crippen LogP contribution in [0.25, 0.3) is 0 Å². The van der Waals surface area contributed by atoms with Crippen LogP contribution in [-0.4, -0.2) is 17.0 Å². The van der Waals surface area contributed by atoms with Crippen molar-refractivity contribution < 1.29 is 15.0 Å². The van der Waals surface area contributed by atoms with Gasteiger partial charge < -0.3 is 15.0 Å². The van der Waals surface area contributed by atoms with Crippen LogP contribution in [0.4, 0.5) is 0 Å². The van der Waals surface area contributed by atoms with Gasteiger partial charge in [0, 0.05) is 0 Å². The molecule has 0 spiro atoms. The van der Waals surface area contributed by atoms with Crippen molar-refractivity contribution in [1.29, 1.82) is 0 Å². The normalized spacial score (nSPS) is 10.5. The molecule has 0 amide bonds. The Kier molecular flexibility index (Phi) is 29.5. The Bertz CT molecular complexity index is 863. The van der Waals surface area contributed by atoms with E-state index in [-0.39, 0.29) is 0 Å². The molecular weight excluding hydrogens is 528 g/mol. The van der Waals surface area contributed by atoms with Crippen LogP contribution in [0.5, 0.6) is 11.5 Å². The Morgan fingerprint density at radius 3 is 1.23 bits per heavy atom. The molecule has 0 fully saturated rings. The molecule has 0 aliphatic carbocycles. The Morgan fingerprint density at radius 2 is 0.767 bits per heavy atom. The maximum Gasteiger partial charge on any atom is 0.119 e. The Hall–Kier alpha value is -2.29. The van der Waals surface area contributed by atoms with Crippen molar-refractivity contribution in [2.24, 2.45) is 0 Å². The number of para-hydroxylation sites is 1. The molecule has 3 nitrogen and oxygen atoms in total. The van der Waals surface area contributed by atoms with Gasteiger partial charge in [-0.2, -0.15) is 0 Å². The summed E-state index contributed by atoms with van der Waals surface area (Å²) >= 11 is 0. The summed E-state index contributed by atoms with van der Waals surface area (Å²) in [5.41, 5.74) is 3.71. The molecule has 3 heteroatoms. The zero-order valence-electron chi connectivity index (χ0n) is 28.5. The summed E-state index contributed by atoms with van der Waals surface area (Å²) in [7, 11) is 0. The van der Waals surface area contributed by atoms with E-state index in [1.165, 1.54) is 146 Å². The summed E-state index contributed by atoms with van der Waals surface area (Å²) in [5, 5.41) is 19.8. The van der Waals surface area contributed by atoms with E-state index >= 15 is 0 Å². The quantitative estimate of drug-likeness (QED) is 0.118. The van der Waals surface area contributed by atoms with Gasteiger partial charge in [0.2, 0.25) is 0 Å². The van der Waals surface area contributed by atoms with Gasteiger partial charge in [-0.3, -0.25) is 0 Å². The Labute approximate surface area is 266 Å². The van der Waals surface area contributed by atoms with E-state index in [1.807, 2.05) is 37.1 Å². The molecular formula is C40H68O3. The predicted octanol–water partition coefficient (Wildman–Crippen LogP) is 12.5. The van der Waals surface area contributed by atoms with E-state index in [4.69, 9.17) is 4.79 Å². The minimum atomic E-state index is 0.452. The lowest BCUT2D eigenvalue weighted by atomic mass is 9.95. The van der Waals surface area contributed by atoms with Gasteiger partial charge in [0.05, 0.1) is 0 Å². The van der Waals surface area contributed by atoms with Gasteiger partial charge in [0.25, 0.3) is 0 Å². The zero-order valence-corrected chi connectivity index (χ0v) is 28.5. The number of benzene rings is 2. The average molecular weight is 597 g/mol. The predicted molar refractivity (Wildman–Crippen MR) is 188 cm³/mol. The minimum absolute atomic E-state index is 0.452. The Morgan fingerprint density at radius 1 is 0.419 bits per heavy atom. The van der Waals surface area contributed by atoms with E-state index in [1.54, 1.807) is 6.07 Å². The minimum Gasteiger partial charge on any atom is -0.508 e. The van der Waals surface area contributed by atoms with Crippen LogP contribution in [0.1, 0.15) is 172 Å². The summed E-state index contributed by atoms with van der Waals surface area (Å²) in [6, 6.07) is 13.8.